The van der Waals surface area contributed by atoms with E-state index in [9.17, 15) is 29.4 Å². The maximum Gasteiger partial charge on any atom is 0.419 e. The molecule has 39 heavy (non-hydrogen) atoms. The second-order valence-electron chi connectivity index (χ2n) is 10.4. The first kappa shape index (κ1) is 31.5. The molecule has 10 nitrogen and oxygen atoms in total. The number of hydrogen-bond acceptors (Lipinski definition) is 6. The van der Waals surface area contributed by atoms with E-state index in [4.69, 9.17) is 0 Å². The fourth-order valence-electron chi connectivity index (χ4n) is 4.81. The zero-order chi connectivity index (χ0) is 29.0. The van der Waals surface area contributed by atoms with E-state index in [1.54, 1.807) is 26.0 Å². The van der Waals surface area contributed by atoms with E-state index in [2.05, 4.69) is 16.1 Å². The van der Waals surface area contributed by atoms with Gasteiger partial charge in [-0.1, -0.05) is 88.4 Å². The first-order valence-electron chi connectivity index (χ1n) is 13.1. The monoisotopic (exact) mass is 540 g/mol. The number of amides is 2. The molecular weight excluding hydrogens is 500 g/mol. The van der Waals surface area contributed by atoms with Crippen LogP contribution in [0.25, 0.3) is 0 Å². The van der Waals surface area contributed by atoms with Crippen LogP contribution < -0.4 is 16.1 Å². The topological polar surface area (TPSA) is 148 Å². The lowest BCUT2D eigenvalue weighted by atomic mass is 9.79. The molecule has 10 heteroatoms. The maximum absolute atomic E-state index is 12.5. The Balaban J connectivity index is 2.84. The molecule has 0 saturated carbocycles. The van der Waals surface area contributed by atoms with Crippen LogP contribution in [0.15, 0.2) is 60.7 Å². The quantitative estimate of drug-likeness (QED) is 0.123. The lowest BCUT2D eigenvalue weighted by molar-refractivity contribution is -0.125. The first-order valence-corrected chi connectivity index (χ1v) is 13.1. The van der Waals surface area contributed by atoms with Crippen molar-refractivity contribution in [1.29, 1.82) is 0 Å². The van der Waals surface area contributed by atoms with Crippen LogP contribution in [0.1, 0.15) is 38.8 Å². The van der Waals surface area contributed by atoms with E-state index in [0.29, 0.717) is 12.7 Å². The van der Waals surface area contributed by atoms with Crippen molar-refractivity contribution in [2.45, 2.75) is 58.3 Å². The molecule has 0 aromatic heterocycles. The molecule has 0 saturated heterocycles. The van der Waals surface area contributed by atoms with Gasteiger partial charge in [0.2, 0.25) is 0 Å². The van der Waals surface area contributed by atoms with Gasteiger partial charge in [0.05, 0.1) is 12.1 Å². The third-order valence-corrected chi connectivity index (χ3v) is 6.87. The molecule has 0 fully saturated rings. The van der Waals surface area contributed by atoms with Gasteiger partial charge in [0.15, 0.2) is 0 Å². The summed E-state index contributed by atoms with van der Waals surface area (Å²) < 4.78 is 0. The van der Waals surface area contributed by atoms with Gasteiger partial charge in [-0.2, -0.15) is 5.01 Å². The van der Waals surface area contributed by atoms with Crippen molar-refractivity contribution < 1.29 is 29.4 Å². The molecule has 2 amide bonds. The van der Waals surface area contributed by atoms with Crippen LogP contribution in [0.2, 0.25) is 0 Å². The van der Waals surface area contributed by atoms with E-state index in [1.807, 2.05) is 62.4 Å². The molecule has 2 aromatic rings. The van der Waals surface area contributed by atoms with Crippen LogP contribution in [0.4, 0.5) is 9.59 Å². The Hall–Kier alpha value is -3.76. The van der Waals surface area contributed by atoms with Gasteiger partial charge in [-0.3, -0.25) is 5.43 Å². The number of aldehydes is 2. The van der Waals surface area contributed by atoms with Crippen LogP contribution in [-0.2, 0) is 22.4 Å². The second-order valence-corrected chi connectivity index (χ2v) is 10.4. The Morgan fingerprint density at radius 1 is 0.846 bits per heavy atom. The predicted molar refractivity (Wildman–Crippen MR) is 148 cm³/mol. The third kappa shape index (κ3) is 8.90. The molecule has 4 atom stereocenters. The predicted octanol–water partition coefficient (Wildman–Crippen LogP) is 3.57. The van der Waals surface area contributed by atoms with Crippen molar-refractivity contribution in [2.24, 2.45) is 17.8 Å². The number of rotatable bonds is 16. The molecule has 0 spiro atoms. The smallest absolute Gasteiger partial charge is 0.419 e. The van der Waals surface area contributed by atoms with Crippen LogP contribution >= 0.6 is 0 Å². The summed E-state index contributed by atoms with van der Waals surface area (Å²) in [5.41, 5.74) is 2.33. The number of nitrogens with zero attached hydrogens (tertiary/aromatic N) is 1. The Kier molecular flexibility index (Phi) is 12.1. The number of hydrogen-bond donors (Lipinski definition) is 5. The average molecular weight is 541 g/mol. The molecular formula is C29H40N4O6. The minimum Gasteiger partial charge on any atom is -0.465 e. The summed E-state index contributed by atoms with van der Waals surface area (Å²) in [5, 5.41) is 27.1. The highest BCUT2D eigenvalue weighted by molar-refractivity contribution is 5.68. The lowest BCUT2D eigenvalue weighted by Crippen LogP contribution is -2.74. The van der Waals surface area contributed by atoms with Crippen LogP contribution in [0.3, 0.4) is 0 Å². The molecule has 2 unspecified atom stereocenters. The van der Waals surface area contributed by atoms with E-state index in [-0.39, 0.29) is 24.8 Å². The summed E-state index contributed by atoms with van der Waals surface area (Å²) in [6.07, 6.45) is -1.05. The molecule has 0 heterocycles. The summed E-state index contributed by atoms with van der Waals surface area (Å²) in [5.74, 6) is -1.06. The number of hydrazine groups is 1. The van der Waals surface area contributed by atoms with Crippen molar-refractivity contribution in [3.63, 3.8) is 0 Å². The van der Waals surface area contributed by atoms with E-state index in [0.717, 1.165) is 17.4 Å². The molecule has 2 rings (SSSR count). The highest BCUT2D eigenvalue weighted by Crippen LogP contribution is 2.32. The molecule has 5 N–H and O–H groups in total. The summed E-state index contributed by atoms with van der Waals surface area (Å²) in [6, 6.07) is 16.9. The summed E-state index contributed by atoms with van der Waals surface area (Å²) in [4.78, 5) is 48.8. The number of carbonyl (C=O) groups excluding carboxylic acids is 2. The molecule has 0 aliphatic carbocycles. The first-order chi connectivity index (χ1) is 18.5. The molecule has 2 aromatic carbocycles. The Labute approximate surface area is 229 Å². The van der Waals surface area contributed by atoms with Crippen molar-refractivity contribution in [3.05, 3.63) is 71.8 Å². The Morgan fingerprint density at radius 2 is 1.41 bits per heavy atom. The van der Waals surface area contributed by atoms with Gasteiger partial charge in [-0.15, -0.1) is 0 Å². The van der Waals surface area contributed by atoms with Gasteiger partial charge in [-0.25, -0.2) is 9.59 Å². The summed E-state index contributed by atoms with van der Waals surface area (Å²) in [7, 11) is 0. The normalized spacial score (nSPS) is 15.3. The summed E-state index contributed by atoms with van der Waals surface area (Å²) in [6.45, 7) is 7.45. The molecule has 212 valence electrons. The van der Waals surface area contributed by atoms with Gasteiger partial charge < -0.3 is 30.4 Å². The molecule has 0 bridgehead atoms. The van der Waals surface area contributed by atoms with E-state index >= 15 is 0 Å². The van der Waals surface area contributed by atoms with Gasteiger partial charge in [0.1, 0.15) is 18.2 Å². The number of carboxylic acid groups (broad SMARTS) is 2. The zero-order valence-corrected chi connectivity index (χ0v) is 22.9. The van der Waals surface area contributed by atoms with E-state index < -0.39 is 35.9 Å². The van der Waals surface area contributed by atoms with Gasteiger partial charge >= 0.3 is 12.2 Å². The largest absolute Gasteiger partial charge is 0.465 e. The minimum atomic E-state index is -1.64. The van der Waals surface area contributed by atoms with Gasteiger partial charge in [0.25, 0.3) is 0 Å². The van der Waals surface area contributed by atoms with Gasteiger partial charge in [-0.05, 0) is 29.4 Å². The molecule has 0 radical (unpaired) electrons. The Bertz CT molecular complexity index is 1070. The van der Waals surface area contributed by atoms with Crippen molar-refractivity contribution >= 4 is 24.8 Å². The second kappa shape index (κ2) is 15.0. The standard InChI is InChI=1S/C29H40N4O6/c1-20(2)25(18-34)30-17-24(15-22-11-7-5-8-12-22)29(31-27(36)37,16-23-13-9-6-10-14-23)33(32-28(38)39)26(19-35)21(3)4/h5-14,18-21,24-26,30-32H,15-17H2,1-4H3,(H,36,37)(H,38,39)/t24-,25?,26+,29?/m0/s1. The van der Waals surface area contributed by atoms with Crippen molar-refractivity contribution in [1.82, 2.24) is 21.1 Å². The molecule has 0 aliphatic heterocycles. The van der Waals surface area contributed by atoms with Crippen LogP contribution in [0.5, 0.6) is 0 Å². The van der Waals surface area contributed by atoms with E-state index in [1.165, 1.54) is 5.01 Å². The number of nitrogens with one attached hydrogen (secondary N) is 3. The Morgan fingerprint density at radius 3 is 1.85 bits per heavy atom. The number of benzene rings is 2. The number of carbonyl (C=O) groups is 4. The minimum absolute atomic E-state index is 0.0318. The van der Waals surface area contributed by atoms with Crippen molar-refractivity contribution in [2.75, 3.05) is 6.54 Å². The van der Waals surface area contributed by atoms with Crippen LogP contribution in [-0.4, -0.2) is 64.3 Å². The fraction of sp³-hybridized carbons (Fsp3) is 0.448. The maximum atomic E-state index is 12.5. The lowest BCUT2D eigenvalue weighted by Gasteiger charge is -2.51. The van der Waals surface area contributed by atoms with Gasteiger partial charge in [0, 0.05) is 18.9 Å². The zero-order valence-electron chi connectivity index (χ0n) is 22.9. The highest BCUT2D eigenvalue weighted by atomic mass is 16.4. The summed E-state index contributed by atoms with van der Waals surface area (Å²) >= 11 is 0. The van der Waals surface area contributed by atoms with Crippen molar-refractivity contribution in [3.8, 4) is 0 Å². The molecule has 0 aliphatic rings. The SMILES string of the molecule is CC(C)C(C=O)NC[C@H](Cc1ccccc1)C(Cc1ccccc1)(NC(=O)O)N(NC(=O)O)[C@H](C=O)C(C)C. The third-order valence-electron chi connectivity index (χ3n) is 6.87. The van der Waals surface area contributed by atoms with Crippen LogP contribution in [0, 0.1) is 17.8 Å². The fourth-order valence-corrected chi connectivity index (χ4v) is 4.81. The average Bonchev–Trinajstić information content (AvgIpc) is 2.88. The highest BCUT2D eigenvalue weighted by Gasteiger charge is 2.50.